The third-order valence-corrected chi connectivity index (χ3v) is 3.35. The van der Waals surface area contributed by atoms with E-state index in [-0.39, 0.29) is 12.5 Å². The van der Waals surface area contributed by atoms with Gasteiger partial charge in [0.05, 0.1) is 17.3 Å². The third kappa shape index (κ3) is 3.50. The number of nitrogens with zero attached hydrogens (tertiary/aromatic N) is 1. The summed E-state index contributed by atoms with van der Waals surface area (Å²) in [6, 6.07) is 5.43. The monoisotopic (exact) mass is 277 g/mol. The molecule has 0 unspecified atom stereocenters. The minimum atomic E-state index is 0.0536. The van der Waals surface area contributed by atoms with Gasteiger partial charge in [-0.1, -0.05) is 23.4 Å². The van der Waals surface area contributed by atoms with E-state index in [1.807, 2.05) is 12.1 Å². The Kier molecular flexibility index (Phi) is 4.84. The molecule has 0 aliphatic carbocycles. The predicted molar refractivity (Wildman–Crippen MR) is 76.2 cm³/mol. The average Bonchev–Trinajstić information content (AvgIpc) is 2.42. The number of aliphatic hydroxyl groups excluding tert-OH is 1. The fourth-order valence-electron chi connectivity index (χ4n) is 2.08. The first kappa shape index (κ1) is 13.9. The summed E-state index contributed by atoms with van der Waals surface area (Å²) in [5.74, 6) is 5.95. The van der Waals surface area contributed by atoms with E-state index in [9.17, 15) is 4.79 Å². The molecular formula is C15H16ClNO2. The highest BCUT2D eigenvalue weighted by molar-refractivity contribution is 6.33. The van der Waals surface area contributed by atoms with Gasteiger partial charge < -0.3 is 10.0 Å². The molecule has 1 aromatic carbocycles. The van der Waals surface area contributed by atoms with Gasteiger partial charge in [-0.2, -0.15) is 0 Å². The maximum Gasteiger partial charge on any atom is 0.227 e. The van der Waals surface area contributed by atoms with Crippen LogP contribution in [0.15, 0.2) is 18.2 Å². The summed E-state index contributed by atoms with van der Waals surface area (Å²) in [7, 11) is 0. The lowest BCUT2D eigenvalue weighted by Crippen LogP contribution is -2.35. The van der Waals surface area contributed by atoms with E-state index < -0.39 is 0 Å². The standard InChI is InChI=1S/C15H16ClNO2/c16-13-8-7-12(5-2-4-10-18)11-14(13)17-9-3-1-6-15(17)19/h7-8,11,18H,1,3-4,6,9-10H2. The lowest BCUT2D eigenvalue weighted by Gasteiger charge is -2.27. The van der Waals surface area contributed by atoms with E-state index in [0.29, 0.717) is 24.4 Å². The smallest absolute Gasteiger partial charge is 0.227 e. The number of benzene rings is 1. The zero-order valence-corrected chi connectivity index (χ0v) is 11.4. The molecular weight excluding hydrogens is 262 g/mol. The number of aliphatic hydroxyl groups is 1. The van der Waals surface area contributed by atoms with Crippen molar-refractivity contribution in [3.8, 4) is 11.8 Å². The molecule has 1 aromatic rings. The van der Waals surface area contributed by atoms with Gasteiger partial charge in [0.25, 0.3) is 0 Å². The number of piperidine rings is 1. The Bertz CT molecular complexity index is 531. The normalized spacial score (nSPS) is 15.1. The Labute approximate surface area is 118 Å². The molecule has 19 heavy (non-hydrogen) atoms. The van der Waals surface area contributed by atoms with Gasteiger partial charge in [-0.05, 0) is 31.0 Å². The Morgan fingerprint density at radius 1 is 1.37 bits per heavy atom. The predicted octanol–water partition coefficient (Wildman–Crippen LogP) is 2.59. The van der Waals surface area contributed by atoms with Gasteiger partial charge >= 0.3 is 0 Å². The molecule has 0 aromatic heterocycles. The van der Waals surface area contributed by atoms with Gasteiger partial charge in [-0.25, -0.2) is 0 Å². The zero-order valence-electron chi connectivity index (χ0n) is 10.7. The molecule has 1 amide bonds. The lowest BCUT2D eigenvalue weighted by atomic mass is 10.1. The van der Waals surface area contributed by atoms with Gasteiger partial charge in [0.15, 0.2) is 0 Å². The largest absolute Gasteiger partial charge is 0.395 e. The Morgan fingerprint density at radius 2 is 2.21 bits per heavy atom. The highest BCUT2D eigenvalue weighted by Gasteiger charge is 2.21. The summed E-state index contributed by atoms with van der Waals surface area (Å²) in [5, 5.41) is 9.28. The molecule has 0 radical (unpaired) electrons. The van der Waals surface area contributed by atoms with E-state index in [1.165, 1.54) is 0 Å². The SMILES string of the molecule is O=C1CCCCN1c1cc(C#CCCO)ccc1Cl. The van der Waals surface area contributed by atoms with Gasteiger partial charge in [-0.3, -0.25) is 4.79 Å². The van der Waals surface area contributed by atoms with Crippen LogP contribution in [0.4, 0.5) is 5.69 Å². The summed E-state index contributed by atoms with van der Waals surface area (Å²) in [6.07, 6.45) is 2.97. The fourth-order valence-corrected chi connectivity index (χ4v) is 2.30. The number of rotatable bonds is 2. The van der Waals surface area contributed by atoms with Crippen molar-refractivity contribution in [3.63, 3.8) is 0 Å². The van der Waals surface area contributed by atoms with Crippen molar-refractivity contribution < 1.29 is 9.90 Å². The van der Waals surface area contributed by atoms with Crippen molar-refractivity contribution >= 4 is 23.2 Å². The van der Waals surface area contributed by atoms with Crippen molar-refractivity contribution in [2.75, 3.05) is 18.1 Å². The second kappa shape index (κ2) is 6.60. The number of halogens is 1. The van der Waals surface area contributed by atoms with Crippen LogP contribution in [0.2, 0.25) is 5.02 Å². The van der Waals surface area contributed by atoms with Crippen LogP contribution < -0.4 is 4.90 Å². The maximum atomic E-state index is 11.9. The number of amides is 1. The topological polar surface area (TPSA) is 40.5 Å². The molecule has 1 aliphatic rings. The minimum absolute atomic E-state index is 0.0536. The van der Waals surface area contributed by atoms with Crippen LogP contribution in [0.5, 0.6) is 0 Å². The third-order valence-electron chi connectivity index (χ3n) is 3.03. The maximum absolute atomic E-state index is 11.9. The van der Waals surface area contributed by atoms with E-state index in [2.05, 4.69) is 11.8 Å². The molecule has 1 fully saturated rings. The van der Waals surface area contributed by atoms with Crippen LogP contribution >= 0.6 is 11.6 Å². The van der Waals surface area contributed by atoms with E-state index in [0.717, 1.165) is 24.1 Å². The number of hydrogen-bond donors (Lipinski definition) is 1. The summed E-state index contributed by atoms with van der Waals surface area (Å²) < 4.78 is 0. The van der Waals surface area contributed by atoms with Crippen molar-refractivity contribution in [1.29, 1.82) is 0 Å². The van der Waals surface area contributed by atoms with Crippen molar-refractivity contribution in [2.45, 2.75) is 25.7 Å². The molecule has 3 nitrogen and oxygen atoms in total. The van der Waals surface area contributed by atoms with Crippen LogP contribution in [-0.2, 0) is 4.79 Å². The Balaban J connectivity index is 2.26. The molecule has 1 aliphatic heterocycles. The van der Waals surface area contributed by atoms with Gasteiger partial charge in [-0.15, -0.1) is 0 Å². The zero-order chi connectivity index (χ0) is 13.7. The minimum Gasteiger partial charge on any atom is -0.395 e. The number of carbonyl (C=O) groups excluding carboxylic acids is 1. The van der Waals surface area contributed by atoms with Crippen LogP contribution in [-0.4, -0.2) is 24.2 Å². The molecule has 1 heterocycles. The first-order valence-corrected chi connectivity index (χ1v) is 6.80. The quantitative estimate of drug-likeness (QED) is 0.844. The fraction of sp³-hybridized carbons (Fsp3) is 0.400. The molecule has 0 spiro atoms. The summed E-state index contributed by atoms with van der Waals surface area (Å²) in [6.45, 7) is 0.768. The van der Waals surface area contributed by atoms with Crippen molar-refractivity contribution in [2.24, 2.45) is 0 Å². The molecule has 0 bridgehead atoms. The molecule has 1 saturated heterocycles. The van der Waals surface area contributed by atoms with Crippen LogP contribution in [0.25, 0.3) is 0 Å². The number of anilines is 1. The van der Waals surface area contributed by atoms with E-state index in [4.69, 9.17) is 16.7 Å². The highest BCUT2D eigenvalue weighted by atomic mass is 35.5. The average molecular weight is 278 g/mol. The van der Waals surface area contributed by atoms with Gasteiger partial charge in [0.2, 0.25) is 5.91 Å². The van der Waals surface area contributed by atoms with Crippen LogP contribution in [0.3, 0.4) is 0 Å². The summed E-state index contributed by atoms with van der Waals surface area (Å²) >= 11 is 6.17. The first-order valence-electron chi connectivity index (χ1n) is 6.42. The second-order valence-electron chi connectivity index (χ2n) is 4.44. The van der Waals surface area contributed by atoms with Gasteiger partial charge in [0.1, 0.15) is 0 Å². The molecule has 4 heteroatoms. The van der Waals surface area contributed by atoms with Crippen LogP contribution in [0, 0.1) is 11.8 Å². The molecule has 2 rings (SSSR count). The highest BCUT2D eigenvalue weighted by Crippen LogP contribution is 2.29. The summed E-state index contributed by atoms with van der Waals surface area (Å²) in [5.41, 5.74) is 1.55. The molecule has 0 atom stereocenters. The van der Waals surface area contributed by atoms with E-state index >= 15 is 0 Å². The molecule has 100 valence electrons. The lowest BCUT2D eigenvalue weighted by molar-refractivity contribution is -0.119. The number of hydrogen-bond acceptors (Lipinski definition) is 2. The van der Waals surface area contributed by atoms with Crippen LogP contribution in [0.1, 0.15) is 31.2 Å². The summed E-state index contributed by atoms with van der Waals surface area (Å²) in [4.78, 5) is 13.7. The van der Waals surface area contributed by atoms with Crippen molar-refractivity contribution in [3.05, 3.63) is 28.8 Å². The van der Waals surface area contributed by atoms with Crippen molar-refractivity contribution in [1.82, 2.24) is 0 Å². The molecule has 1 N–H and O–H groups in total. The first-order chi connectivity index (χ1) is 9.22. The Morgan fingerprint density at radius 3 is 2.95 bits per heavy atom. The van der Waals surface area contributed by atoms with Gasteiger partial charge in [0, 0.05) is 24.9 Å². The second-order valence-corrected chi connectivity index (χ2v) is 4.85. The Hall–Kier alpha value is -1.50. The molecule has 0 saturated carbocycles. The number of carbonyl (C=O) groups is 1. The van der Waals surface area contributed by atoms with E-state index in [1.54, 1.807) is 11.0 Å².